The molecule has 0 unspecified atom stereocenters. The molecule has 0 heterocycles. The number of carbonyl (C=O) groups excluding carboxylic acids is 3. The number of aliphatic hydroxyl groups is 1. The predicted molar refractivity (Wildman–Crippen MR) is 84.5 cm³/mol. The second kappa shape index (κ2) is 7.89. The van der Waals surface area contributed by atoms with Gasteiger partial charge in [0.1, 0.15) is 11.6 Å². The molecular formula is C16H22N2O6. The number of nitrogens with one attached hydrogen (secondary N) is 2. The fourth-order valence-corrected chi connectivity index (χ4v) is 1.79. The Kier molecular flexibility index (Phi) is 6.44. The molecule has 0 aliphatic rings. The molecule has 132 valence electrons. The number of aliphatic hydroxyl groups excluding tert-OH is 1. The minimum absolute atomic E-state index is 0.179. The number of hydrogen-bond donors (Lipinski definition) is 4. The predicted octanol–water partition coefficient (Wildman–Crippen LogP) is 0.626. The second-order valence-electron chi connectivity index (χ2n) is 6.25. The van der Waals surface area contributed by atoms with Gasteiger partial charge in [-0.3, -0.25) is 14.8 Å². The number of carbonyl (C=O) groups is 3. The minimum Gasteiger partial charge on any atom is -0.456 e. The van der Waals surface area contributed by atoms with Crippen LogP contribution in [-0.2, 0) is 9.53 Å². The first-order valence-electron chi connectivity index (χ1n) is 7.31. The highest BCUT2D eigenvalue weighted by Crippen LogP contribution is 2.13. The van der Waals surface area contributed by atoms with Crippen LogP contribution in [0.2, 0.25) is 0 Å². The largest absolute Gasteiger partial charge is 0.456 e. The molecule has 1 rings (SSSR count). The molecule has 4 N–H and O–H groups in total. The maximum Gasteiger partial charge on any atom is 0.338 e. The summed E-state index contributed by atoms with van der Waals surface area (Å²) in [4.78, 5) is 35.4. The van der Waals surface area contributed by atoms with E-state index in [-0.39, 0.29) is 11.1 Å². The molecule has 0 radical (unpaired) electrons. The van der Waals surface area contributed by atoms with Gasteiger partial charge in [0.15, 0.2) is 0 Å². The fraction of sp³-hybridized carbons (Fsp3) is 0.438. The summed E-state index contributed by atoms with van der Waals surface area (Å²) in [6, 6.07) is 4.32. The van der Waals surface area contributed by atoms with Crippen molar-refractivity contribution in [2.24, 2.45) is 0 Å². The standard InChI is InChI=1S/C16H22N2O6/c1-9(19)12(14(21)18-23)17-13(20)10-5-7-11(8-6-10)15(22)24-16(2,3)4/h5-9,12,19,23H,1-4H3,(H,17,20)(H,18,21)/t9-,12+/m1/s1. The number of ether oxygens (including phenoxy) is 1. The summed E-state index contributed by atoms with van der Waals surface area (Å²) in [6.07, 6.45) is -1.21. The van der Waals surface area contributed by atoms with Gasteiger partial charge < -0.3 is 15.2 Å². The highest BCUT2D eigenvalue weighted by molar-refractivity contribution is 5.98. The highest BCUT2D eigenvalue weighted by Gasteiger charge is 2.26. The van der Waals surface area contributed by atoms with Crippen LogP contribution in [0.15, 0.2) is 24.3 Å². The Labute approximate surface area is 139 Å². The molecule has 0 aliphatic carbocycles. The third kappa shape index (κ3) is 5.64. The van der Waals surface area contributed by atoms with Crippen LogP contribution in [0, 0.1) is 0 Å². The van der Waals surface area contributed by atoms with E-state index in [0.717, 1.165) is 0 Å². The van der Waals surface area contributed by atoms with Crippen LogP contribution in [0.4, 0.5) is 0 Å². The van der Waals surface area contributed by atoms with Gasteiger partial charge >= 0.3 is 5.97 Å². The fourth-order valence-electron chi connectivity index (χ4n) is 1.79. The van der Waals surface area contributed by atoms with Crippen molar-refractivity contribution in [1.82, 2.24) is 10.8 Å². The maximum atomic E-state index is 12.1. The molecule has 0 spiro atoms. The van der Waals surface area contributed by atoms with Crippen molar-refractivity contribution < 1.29 is 29.4 Å². The second-order valence-corrected chi connectivity index (χ2v) is 6.25. The van der Waals surface area contributed by atoms with Crippen LogP contribution in [0.1, 0.15) is 48.4 Å². The van der Waals surface area contributed by atoms with Crippen LogP contribution < -0.4 is 10.8 Å². The smallest absolute Gasteiger partial charge is 0.338 e. The monoisotopic (exact) mass is 338 g/mol. The third-order valence-electron chi connectivity index (χ3n) is 2.94. The Morgan fingerprint density at radius 3 is 2.00 bits per heavy atom. The van der Waals surface area contributed by atoms with E-state index in [4.69, 9.17) is 9.94 Å². The first-order valence-corrected chi connectivity index (χ1v) is 7.31. The van der Waals surface area contributed by atoms with Crippen LogP contribution in [0.5, 0.6) is 0 Å². The molecule has 1 aromatic rings. The summed E-state index contributed by atoms with van der Waals surface area (Å²) in [7, 11) is 0. The summed E-state index contributed by atoms with van der Waals surface area (Å²) in [5.74, 6) is -2.10. The van der Waals surface area contributed by atoms with Crippen LogP contribution in [0.3, 0.4) is 0 Å². The van der Waals surface area contributed by atoms with E-state index >= 15 is 0 Å². The Morgan fingerprint density at radius 1 is 1.08 bits per heavy atom. The summed E-state index contributed by atoms with van der Waals surface area (Å²) in [5.41, 5.74) is 1.20. The van der Waals surface area contributed by atoms with Crippen LogP contribution in [0.25, 0.3) is 0 Å². The van der Waals surface area contributed by atoms with Gasteiger partial charge in [0.2, 0.25) is 0 Å². The molecule has 2 amide bonds. The zero-order chi connectivity index (χ0) is 18.5. The normalized spacial score (nSPS) is 13.6. The van der Waals surface area contributed by atoms with E-state index in [1.54, 1.807) is 20.8 Å². The molecule has 0 saturated carbocycles. The van der Waals surface area contributed by atoms with Crippen molar-refractivity contribution >= 4 is 17.8 Å². The van der Waals surface area contributed by atoms with Crippen LogP contribution >= 0.6 is 0 Å². The van der Waals surface area contributed by atoms with Gasteiger partial charge in [-0.05, 0) is 52.0 Å². The number of hydrogen-bond acceptors (Lipinski definition) is 6. The molecular weight excluding hydrogens is 316 g/mol. The van der Waals surface area contributed by atoms with E-state index < -0.39 is 35.5 Å². The van der Waals surface area contributed by atoms with Crippen molar-refractivity contribution in [2.75, 3.05) is 0 Å². The van der Waals surface area contributed by atoms with Crippen LogP contribution in [-0.4, -0.2) is 45.8 Å². The van der Waals surface area contributed by atoms with Gasteiger partial charge in [0.25, 0.3) is 11.8 Å². The Morgan fingerprint density at radius 2 is 1.58 bits per heavy atom. The number of esters is 1. The van der Waals surface area contributed by atoms with Crippen molar-refractivity contribution in [2.45, 2.75) is 45.4 Å². The number of rotatable bonds is 5. The number of hydroxylamine groups is 1. The summed E-state index contributed by atoms with van der Waals surface area (Å²) in [5, 5.41) is 20.4. The quantitative estimate of drug-likeness (QED) is 0.354. The van der Waals surface area contributed by atoms with Crippen molar-refractivity contribution in [1.29, 1.82) is 0 Å². The van der Waals surface area contributed by atoms with E-state index in [1.165, 1.54) is 36.7 Å². The summed E-state index contributed by atoms with van der Waals surface area (Å²) < 4.78 is 5.21. The third-order valence-corrected chi connectivity index (χ3v) is 2.94. The average molecular weight is 338 g/mol. The van der Waals surface area contributed by atoms with Gasteiger partial charge in [0.05, 0.1) is 11.7 Å². The zero-order valence-corrected chi connectivity index (χ0v) is 14.0. The Bertz CT molecular complexity index is 604. The molecule has 0 fully saturated rings. The SMILES string of the molecule is C[C@@H](O)[C@H](NC(=O)c1ccc(C(=O)OC(C)(C)C)cc1)C(=O)NO. The molecule has 8 nitrogen and oxygen atoms in total. The zero-order valence-electron chi connectivity index (χ0n) is 14.0. The topological polar surface area (TPSA) is 125 Å². The van der Waals surface area contributed by atoms with Crippen molar-refractivity contribution in [3.63, 3.8) is 0 Å². The van der Waals surface area contributed by atoms with Gasteiger partial charge in [-0.1, -0.05) is 0 Å². The lowest BCUT2D eigenvalue weighted by atomic mass is 10.1. The Balaban J connectivity index is 2.83. The molecule has 0 aliphatic heterocycles. The lowest BCUT2D eigenvalue weighted by Gasteiger charge is -2.20. The van der Waals surface area contributed by atoms with E-state index in [1.807, 2.05) is 0 Å². The first-order chi connectivity index (χ1) is 11.0. The molecule has 0 bridgehead atoms. The van der Waals surface area contributed by atoms with Gasteiger partial charge in [0, 0.05) is 5.56 Å². The molecule has 2 atom stereocenters. The number of amides is 2. The molecule has 8 heteroatoms. The first kappa shape index (κ1) is 19.6. The van der Waals surface area contributed by atoms with Crippen molar-refractivity contribution in [3.8, 4) is 0 Å². The van der Waals surface area contributed by atoms with Gasteiger partial charge in [-0.15, -0.1) is 0 Å². The summed E-state index contributed by atoms with van der Waals surface area (Å²) in [6.45, 7) is 6.53. The molecule has 0 saturated heterocycles. The van der Waals surface area contributed by atoms with E-state index in [2.05, 4.69) is 5.32 Å². The van der Waals surface area contributed by atoms with Gasteiger partial charge in [-0.2, -0.15) is 0 Å². The molecule has 0 aromatic heterocycles. The lowest BCUT2D eigenvalue weighted by Crippen LogP contribution is -2.51. The lowest BCUT2D eigenvalue weighted by molar-refractivity contribution is -0.133. The van der Waals surface area contributed by atoms with E-state index in [9.17, 15) is 19.5 Å². The maximum absolute atomic E-state index is 12.1. The van der Waals surface area contributed by atoms with E-state index in [0.29, 0.717) is 0 Å². The van der Waals surface area contributed by atoms with Gasteiger partial charge in [-0.25, -0.2) is 10.3 Å². The molecule has 1 aromatic carbocycles. The van der Waals surface area contributed by atoms with Crippen molar-refractivity contribution in [3.05, 3.63) is 35.4 Å². The molecule has 24 heavy (non-hydrogen) atoms. The highest BCUT2D eigenvalue weighted by atomic mass is 16.6. The average Bonchev–Trinajstić information content (AvgIpc) is 2.49. The summed E-state index contributed by atoms with van der Waals surface area (Å²) >= 11 is 0. The number of benzene rings is 1. The minimum atomic E-state index is -1.31. The Hall–Kier alpha value is -2.45.